The van der Waals surface area contributed by atoms with Crippen LogP contribution in [0.3, 0.4) is 0 Å². The van der Waals surface area contributed by atoms with Gasteiger partial charge in [0.2, 0.25) is 0 Å². The summed E-state index contributed by atoms with van der Waals surface area (Å²) in [6, 6.07) is 3.21. The van der Waals surface area contributed by atoms with Crippen molar-refractivity contribution in [3.05, 3.63) is 34.9 Å². The van der Waals surface area contributed by atoms with Crippen LogP contribution in [0, 0.1) is 13.8 Å². The van der Waals surface area contributed by atoms with E-state index in [1.807, 2.05) is 13.8 Å². The van der Waals surface area contributed by atoms with E-state index in [4.69, 9.17) is 16.3 Å². The Balaban J connectivity index is 2.50. The molecule has 0 spiro atoms. The smallest absolute Gasteiger partial charge is 0.447 e. The molecule has 0 radical (unpaired) electrons. The standard InChI is InChI=1S/C12H10ClF3O/c1-7-3-4-10-9(8(7)2)5-6-11(13,17-10)12(14,15)16/h3-6H,1-2H3. The Kier molecular flexibility index (Phi) is 2.65. The number of hydrogen-bond donors (Lipinski definition) is 0. The number of alkyl halides is 4. The average molecular weight is 263 g/mol. The number of benzene rings is 1. The summed E-state index contributed by atoms with van der Waals surface area (Å²) in [5, 5.41) is -2.76. The fraction of sp³-hybridized carbons (Fsp3) is 0.333. The highest BCUT2D eigenvalue weighted by Crippen LogP contribution is 2.44. The molecule has 0 aromatic heterocycles. The Morgan fingerprint density at radius 1 is 1.24 bits per heavy atom. The SMILES string of the molecule is Cc1ccc2c(c1C)C=CC(Cl)(C(F)(F)F)O2. The van der Waals surface area contributed by atoms with E-state index in [9.17, 15) is 13.2 Å². The van der Waals surface area contributed by atoms with Gasteiger partial charge in [0.15, 0.2) is 0 Å². The Morgan fingerprint density at radius 2 is 1.88 bits per heavy atom. The summed E-state index contributed by atoms with van der Waals surface area (Å²) in [4.78, 5) is 0. The Morgan fingerprint density at radius 3 is 2.47 bits per heavy atom. The van der Waals surface area contributed by atoms with Crippen LogP contribution in [-0.4, -0.2) is 11.2 Å². The average Bonchev–Trinajstić information content (AvgIpc) is 2.22. The van der Waals surface area contributed by atoms with Gasteiger partial charge in [-0.25, -0.2) is 0 Å². The van der Waals surface area contributed by atoms with Crippen LogP contribution in [-0.2, 0) is 0 Å². The minimum Gasteiger partial charge on any atom is -0.458 e. The van der Waals surface area contributed by atoms with Gasteiger partial charge in [0.05, 0.1) is 0 Å². The lowest BCUT2D eigenvalue weighted by Gasteiger charge is -2.31. The molecular formula is C12H10ClF3O. The Labute approximate surface area is 102 Å². The summed E-state index contributed by atoms with van der Waals surface area (Å²) >= 11 is 5.44. The molecule has 1 aromatic rings. The fourth-order valence-corrected chi connectivity index (χ4v) is 1.79. The molecule has 0 aliphatic carbocycles. The third-order valence-corrected chi connectivity index (χ3v) is 3.27. The van der Waals surface area contributed by atoms with Gasteiger partial charge in [-0.1, -0.05) is 17.7 Å². The number of ether oxygens (including phenoxy) is 1. The third kappa shape index (κ3) is 1.90. The molecule has 5 heteroatoms. The highest BCUT2D eigenvalue weighted by atomic mass is 35.5. The zero-order valence-corrected chi connectivity index (χ0v) is 9.99. The van der Waals surface area contributed by atoms with Gasteiger partial charge < -0.3 is 4.74 Å². The van der Waals surface area contributed by atoms with Gasteiger partial charge in [0.25, 0.3) is 5.06 Å². The van der Waals surface area contributed by atoms with Crippen molar-refractivity contribution in [2.45, 2.75) is 25.1 Å². The molecule has 1 nitrogen and oxygen atoms in total. The van der Waals surface area contributed by atoms with Crippen molar-refractivity contribution in [2.24, 2.45) is 0 Å². The van der Waals surface area contributed by atoms with Gasteiger partial charge in [0.1, 0.15) is 5.75 Å². The molecule has 1 aliphatic heterocycles. The van der Waals surface area contributed by atoms with Gasteiger partial charge in [-0.3, -0.25) is 0 Å². The predicted molar refractivity (Wildman–Crippen MR) is 60.2 cm³/mol. The summed E-state index contributed by atoms with van der Waals surface area (Å²) in [7, 11) is 0. The maximum atomic E-state index is 12.7. The van der Waals surface area contributed by atoms with Crippen molar-refractivity contribution < 1.29 is 17.9 Å². The van der Waals surface area contributed by atoms with Gasteiger partial charge in [0, 0.05) is 5.56 Å². The lowest BCUT2D eigenvalue weighted by atomic mass is 9.99. The summed E-state index contributed by atoms with van der Waals surface area (Å²) in [5.74, 6) is 0.155. The Hall–Kier alpha value is -1.16. The molecule has 92 valence electrons. The maximum Gasteiger partial charge on any atom is 0.447 e. The molecule has 0 N–H and O–H groups in total. The minimum atomic E-state index is -4.65. The number of fused-ring (bicyclic) bond motifs is 1. The monoisotopic (exact) mass is 262 g/mol. The van der Waals surface area contributed by atoms with Crippen LogP contribution in [0.15, 0.2) is 18.2 Å². The summed E-state index contributed by atoms with van der Waals surface area (Å²) in [6.45, 7) is 3.71. The van der Waals surface area contributed by atoms with Crippen LogP contribution in [0.5, 0.6) is 5.75 Å². The van der Waals surface area contributed by atoms with Crippen molar-refractivity contribution in [3.8, 4) is 5.75 Å². The molecule has 0 saturated heterocycles. The van der Waals surface area contributed by atoms with Crippen molar-refractivity contribution in [3.63, 3.8) is 0 Å². The molecular weight excluding hydrogens is 253 g/mol. The van der Waals surface area contributed by atoms with Crippen LogP contribution in [0.2, 0.25) is 0 Å². The van der Waals surface area contributed by atoms with E-state index in [0.717, 1.165) is 17.2 Å². The first kappa shape index (κ1) is 12.3. The minimum absolute atomic E-state index is 0.155. The molecule has 1 unspecified atom stereocenters. The van der Waals surface area contributed by atoms with Crippen LogP contribution in [0.25, 0.3) is 6.08 Å². The molecule has 1 aromatic carbocycles. The van der Waals surface area contributed by atoms with Crippen molar-refractivity contribution in [1.29, 1.82) is 0 Å². The normalized spacial score (nSPS) is 23.2. The van der Waals surface area contributed by atoms with Gasteiger partial charge >= 0.3 is 6.18 Å². The maximum absolute atomic E-state index is 12.7. The first-order valence-corrected chi connectivity index (χ1v) is 5.36. The molecule has 1 atom stereocenters. The van der Waals surface area contributed by atoms with Gasteiger partial charge in [-0.2, -0.15) is 13.2 Å². The van der Waals surface area contributed by atoms with Crippen molar-refractivity contribution >= 4 is 17.7 Å². The van der Waals surface area contributed by atoms with Crippen LogP contribution >= 0.6 is 11.6 Å². The lowest BCUT2D eigenvalue weighted by Crippen LogP contribution is -2.44. The van der Waals surface area contributed by atoms with Gasteiger partial charge in [-0.05, 0) is 43.2 Å². The van der Waals surface area contributed by atoms with E-state index < -0.39 is 11.2 Å². The number of hydrogen-bond acceptors (Lipinski definition) is 1. The molecule has 1 heterocycles. The lowest BCUT2D eigenvalue weighted by molar-refractivity contribution is -0.197. The number of halogens is 4. The molecule has 2 rings (SSSR count). The number of rotatable bonds is 0. The van der Waals surface area contributed by atoms with E-state index in [-0.39, 0.29) is 5.75 Å². The second kappa shape index (κ2) is 3.67. The molecule has 0 bridgehead atoms. The highest BCUT2D eigenvalue weighted by Gasteiger charge is 2.56. The molecule has 0 saturated carbocycles. The first-order valence-electron chi connectivity index (χ1n) is 4.99. The zero-order valence-electron chi connectivity index (χ0n) is 9.23. The van der Waals surface area contributed by atoms with Crippen molar-refractivity contribution in [2.75, 3.05) is 0 Å². The molecule has 0 amide bonds. The summed E-state index contributed by atoms with van der Waals surface area (Å²) < 4.78 is 42.9. The Bertz CT molecular complexity index is 493. The van der Waals surface area contributed by atoms with Crippen molar-refractivity contribution in [1.82, 2.24) is 0 Å². The zero-order chi connectivity index (χ0) is 12.8. The first-order chi connectivity index (χ1) is 7.74. The second-order valence-electron chi connectivity index (χ2n) is 4.00. The summed E-state index contributed by atoms with van der Waals surface area (Å²) in [5.41, 5.74) is 2.52. The quantitative estimate of drug-likeness (QED) is 0.637. The van der Waals surface area contributed by atoms with E-state index in [0.29, 0.717) is 5.56 Å². The topological polar surface area (TPSA) is 9.23 Å². The molecule has 17 heavy (non-hydrogen) atoms. The molecule has 1 aliphatic rings. The predicted octanol–water partition coefficient (Wildman–Crippen LogP) is 4.21. The van der Waals surface area contributed by atoms with Crippen LogP contribution in [0.4, 0.5) is 13.2 Å². The summed E-state index contributed by atoms with van der Waals surface area (Å²) in [6.07, 6.45) is -2.45. The second-order valence-corrected chi connectivity index (χ2v) is 4.56. The van der Waals surface area contributed by atoms with E-state index >= 15 is 0 Å². The van der Waals surface area contributed by atoms with Crippen LogP contribution < -0.4 is 4.74 Å². The van der Waals surface area contributed by atoms with E-state index in [1.54, 1.807) is 6.07 Å². The van der Waals surface area contributed by atoms with E-state index in [2.05, 4.69) is 0 Å². The third-order valence-electron chi connectivity index (χ3n) is 2.86. The van der Waals surface area contributed by atoms with E-state index in [1.165, 1.54) is 12.1 Å². The molecule has 0 fully saturated rings. The van der Waals surface area contributed by atoms with Gasteiger partial charge in [-0.15, -0.1) is 0 Å². The largest absolute Gasteiger partial charge is 0.458 e. The number of aryl methyl sites for hydroxylation is 1. The fourth-order valence-electron chi connectivity index (χ4n) is 1.65. The highest BCUT2D eigenvalue weighted by molar-refractivity contribution is 6.25. The van der Waals surface area contributed by atoms with Crippen LogP contribution in [0.1, 0.15) is 16.7 Å².